The minimum absolute atomic E-state index is 0.138. The molecular weight excluding hydrogens is 308 g/mol. The summed E-state index contributed by atoms with van der Waals surface area (Å²) in [5.74, 6) is 1.78. The van der Waals surface area contributed by atoms with Crippen molar-refractivity contribution in [1.82, 2.24) is 20.0 Å². The maximum atomic E-state index is 12.0. The summed E-state index contributed by atoms with van der Waals surface area (Å²) < 4.78 is 10.5. The third-order valence-electron chi connectivity index (χ3n) is 4.61. The lowest BCUT2D eigenvalue weighted by atomic mass is 9.93. The number of pyridine rings is 1. The van der Waals surface area contributed by atoms with Crippen molar-refractivity contribution in [3.8, 4) is 11.5 Å². The highest BCUT2D eigenvalue weighted by Gasteiger charge is 2.36. The zero-order valence-corrected chi connectivity index (χ0v) is 13.6. The second kappa shape index (κ2) is 6.32. The minimum atomic E-state index is -0.179. The van der Waals surface area contributed by atoms with Crippen LogP contribution in [0.15, 0.2) is 22.9 Å². The van der Waals surface area contributed by atoms with Crippen molar-refractivity contribution < 1.29 is 14.1 Å². The van der Waals surface area contributed by atoms with Crippen molar-refractivity contribution in [2.24, 2.45) is 5.92 Å². The van der Waals surface area contributed by atoms with Gasteiger partial charge in [0.25, 0.3) is 5.91 Å². The molecule has 1 atom stereocenters. The third-order valence-corrected chi connectivity index (χ3v) is 4.61. The first kappa shape index (κ1) is 15.3. The van der Waals surface area contributed by atoms with Crippen molar-refractivity contribution in [3.63, 3.8) is 0 Å². The summed E-state index contributed by atoms with van der Waals surface area (Å²) in [5.41, 5.74) is 1.85. The fourth-order valence-electron chi connectivity index (χ4n) is 3.10. The highest BCUT2D eigenvalue weighted by atomic mass is 16.6. The van der Waals surface area contributed by atoms with E-state index in [1.807, 2.05) is 24.0 Å². The van der Waals surface area contributed by atoms with E-state index >= 15 is 0 Å². The summed E-state index contributed by atoms with van der Waals surface area (Å²) in [6, 6.07) is 3.88. The quantitative estimate of drug-likeness (QED) is 0.793. The maximum Gasteiger partial charge on any atom is 0.254 e. The van der Waals surface area contributed by atoms with E-state index in [0.717, 1.165) is 43.6 Å². The predicted molar refractivity (Wildman–Crippen MR) is 85.0 cm³/mol. The highest BCUT2D eigenvalue weighted by molar-refractivity contribution is 5.83. The van der Waals surface area contributed by atoms with Gasteiger partial charge in [-0.25, -0.2) is 0 Å². The van der Waals surface area contributed by atoms with E-state index in [2.05, 4.69) is 15.1 Å². The van der Waals surface area contributed by atoms with Gasteiger partial charge in [-0.1, -0.05) is 5.16 Å². The molecule has 0 bridgehead atoms. The van der Waals surface area contributed by atoms with E-state index in [4.69, 9.17) is 9.26 Å². The van der Waals surface area contributed by atoms with Crippen LogP contribution < -0.4 is 0 Å². The average Bonchev–Trinajstić information content (AvgIpc) is 3.34. The number of hydrogen-bond acceptors (Lipinski definition) is 6. The summed E-state index contributed by atoms with van der Waals surface area (Å²) in [6.07, 6.45) is 4.23. The Labute approximate surface area is 140 Å². The molecule has 2 saturated heterocycles. The number of carbonyl (C=O) groups is 1. The zero-order valence-electron chi connectivity index (χ0n) is 13.6. The van der Waals surface area contributed by atoms with Gasteiger partial charge in [0.2, 0.25) is 11.7 Å². The Kier molecular flexibility index (Phi) is 4.02. The molecule has 1 amide bonds. The van der Waals surface area contributed by atoms with Gasteiger partial charge in [-0.15, -0.1) is 0 Å². The van der Waals surface area contributed by atoms with Crippen molar-refractivity contribution in [2.75, 3.05) is 19.7 Å². The number of epoxide rings is 1. The second-order valence-corrected chi connectivity index (χ2v) is 6.52. The van der Waals surface area contributed by atoms with Gasteiger partial charge in [-0.3, -0.25) is 9.78 Å². The summed E-state index contributed by atoms with van der Waals surface area (Å²) in [6.45, 7) is 4.15. The number of hydrogen-bond donors (Lipinski definition) is 0. The minimum Gasteiger partial charge on any atom is -0.363 e. The number of carbonyl (C=O) groups excluding carboxylic acids is 1. The normalized spacial score (nSPS) is 21.0. The molecule has 2 aromatic rings. The molecule has 24 heavy (non-hydrogen) atoms. The second-order valence-electron chi connectivity index (χ2n) is 6.52. The molecule has 7 nitrogen and oxygen atoms in total. The number of aryl methyl sites for hydroxylation is 1. The first-order chi connectivity index (χ1) is 11.7. The van der Waals surface area contributed by atoms with Gasteiger partial charge in [-0.05, 0) is 43.4 Å². The first-order valence-electron chi connectivity index (χ1n) is 8.35. The number of piperidine rings is 1. The van der Waals surface area contributed by atoms with Gasteiger partial charge < -0.3 is 14.2 Å². The van der Waals surface area contributed by atoms with Crippen LogP contribution in [0.25, 0.3) is 11.5 Å². The third kappa shape index (κ3) is 3.31. The molecule has 0 radical (unpaired) electrons. The van der Waals surface area contributed by atoms with Crippen LogP contribution in [0, 0.1) is 12.8 Å². The predicted octanol–water partition coefficient (Wildman–Crippen LogP) is 1.62. The molecular formula is C17H20N4O3. The Hall–Kier alpha value is -2.28. The van der Waals surface area contributed by atoms with Crippen LogP contribution in [0.4, 0.5) is 0 Å². The van der Waals surface area contributed by atoms with Crippen LogP contribution in [-0.4, -0.2) is 51.7 Å². The van der Waals surface area contributed by atoms with E-state index in [-0.39, 0.29) is 12.0 Å². The van der Waals surface area contributed by atoms with Gasteiger partial charge in [-0.2, -0.15) is 4.98 Å². The lowest BCUT2D eigenvalue weighted by Gasteiger charge is -2.31. The Bertz CT molecular complexity index is 733. The number of likely N-dealkylation sites (tertiary alicyclic amines) is 1. The van der Waals surface area contributed by atoms with Crippen molar-refractivity contribution >= 4 is 5.91 Å². The fourth-order valence-corrected chi connectivity index (χ4v) is 3.10. The highest BCUT2D eigenvalue weighted by Crippen LogP contribution is 2.24. The van der Waals surface area contributed by atoms with E-state index in [1.54, 1.807) is 6.20 Å². The summed E-state index contributed by atoms with van der Waals surface area (Å²) in [5, 5.41) is 4.04. The Balaban J connectivity index is 1.34. The number of rotatable bonds is 4. The van der Waals surface area contributed by atoms with Gasteiger partial charge in [0, 0.05) is 25.7 Å². The lowest BCUT2D eigenvalue weighted by molar-refractivity contribution is -0.133. The monoisotopic (exact) mass is 328 g/mol. The molecule has 4 rings (SSSR count). The number of amides is 1. The average molecular weight is 328 g/mol. The van der Waals surface area contributed by atoms with Crippen LogP contribution in [0.3, 0.4) is 0 Å². The molecule has 7 heteroatoms. The Morgan fingerprint density at radius 1 is 1.38 bits per heavy atom. The lowest BCUT2D eigenvalue weighted by Crippen LogP contribution is -2.41. The molecule has 4 heterocycles. The van der Waals surface area contributed by atoms with Crippen LogP contribution in [0.1, 0.15) is 24.3 Å². The van der Waals surface area contributed by atoms with Crippen LogP contribution in [0.2, 0.25) is 0 Å². The van der Waals surface area contributed by atoms with Crippen LogP contribution >= 0.6 is 0 Å². The van der Waals surface area contributed by atoms with E-state index < -0.39 is 0 Å². The maximum absolute atomic E-state index is 12.0. The fraction of sp³-hybridized carbons (Fsp3) is 0.529. The standard InChI is InChI=1S/C17H20N4O3/c1-11-2-5-18-13(8-11)16-19-15(24-20-16)9-12-3-6-21(7-4-12)17(22)14-10-23-14/h2,5,8,12,14H,3-4,6-7,9-10H2,1H3. The van der Waals surface area contributed by atoms with Crippen molar-refractivity contribution in [1.29, 1.82) is 0 Å². The molecule has 2 aliphatic heterocycles. The van der Waals surface area contributed by atoms with Crippen molar-refractivity contribution in [2.45, 2.75) is 32.3 Å². The largest absolute Gasteiger partial charge is 0.363 e. The van der Waals surface area contributed by atoms with E-state index in [0.29, 0.717) is 24.2 Å². The molecule has 2 fully saturated rings. The molecule has 0 aromatic carbocycles. The zero-order chi connectivity index (χ0) is 16.5. The number of nitrogens with zero attached hydrogens (tertiary/aromatic N) is 4. The first-order valence-corrected chi connectivity index (χ1v) is 8.35. The molecule has 0 spiro atoms. The summed E-state index contributed by atoms with van der Waals surface area (Å²) in [7, 11) is 0. The number of ether oxygens (including phenoxy) is 1. The number of aromatic nitrogens is 3. The molecule has 0 saturated carbocycles. The Morgan fingerprint density at radius 3 is 2.88 bits per heavy atom. The van der Waals surface area contributed by atoms with Gasteiger partial charge in [0.1, 0.15) is 5.69 Å². The summed E-state index contributed by atoms with van der Waals surface area (Å²) in [4.78, 5) is 22.6. The smallest absolute Gasteiger partial charge is 0.254 e. The SMILES string of the molecule is Cc1ccnc(-c2noc(CC3CCN(C(=O)C4CO4)CC3)n2)c1. The van der Waals surface area contributed by atoms with Crippen LogP contribution in [0.5, 0.6) is 0 Å². The van der Waals surface area contributed by atoms with E-state index in [1.165, 1.54) is 0 Å². The van der Waals surface area contributed by atoms with Gasteiger partial charge in [0.15, 0.2) is 6.10 Å². The summed E-state index contributed by atoms with van der Waals surface area (Å²) >= 11 is 0. The molecule has 0 aliphatic carbocycles. The van der Waals surface area contributed by atoms with Gasteiger partial charge in [0.05, 0.1) is 6.61 Å². The van der Waals surface area contributed by atoms with Gasteiger partial charge >= 0.3 is 0 Å². The van der Waals surface area contributed by atoms with Crippen molar-refractivity contribution in [3.05, 3.63) is 29.8 Å². The molecule has 2 aliphatic rings. The molecule has 1 unspecified atom stereocenters. The topological polar surface area (TPSA) is 84.7 Å². The van der Waals surface area contributed by atoms with Crippen LogP contribution in [-0.2, 0) is 16.0 Å². The van der Waals surface area contributed by atoms with E-state index in [9.17, 15) is 4.79 Å². The molecule has 126 valence electrons. The molecule has 2 aromatic heterocycles. The molecule has 0 N–H and O–H groups in total. The Morgan fingerprint density at radius 2 is 2.17 bits per heavy atom.